The molecule has 1 aromatic heterocycles. The van der Waals surface area contributed by atoms with Crippen LogP contribution >= 0.6 is 11.8 Å². The van der Waals surface area contributed by atoms with E-state index >= 15 is 0 Å². The molecule has 0 unspecified atom stereocenters. The third kappa shape index (κ3) is 5.25. The number of nitrogens with zero attached hydrogens (tertiary/aromatic N) is 2. The largest absolute Gasteiger partial charge is 0.355 e. The zero-order chi connectivity index (χ0) is 15.8. The Morgan fingerprint density at radius 1 is 1.43 bits per heavy atom. The van der Waals surface area contributed by atoms with Crippen LogP contribution in [0.2, 0.25) is 0 Å². The predicted octanol–water partition coefficient (Wildman–Crippen LogP) is -0.286. The average molecular weight is 315 g/mol. The molecule has 1 aromatic rings. The highest BCUT2D eigenvalue weighted by atomic mass is 32.2. The van der Waals surface area contributed by atoms with Crippen molar-refractivity contribution in [1.29, 1.82) is 0 Å². The molecular weight excluding hydrogens is 294 g/mol. The van der Waals surface area contributed by atoms with Gasteiger partial charge in [-0.3, -0.25) is 14.2 Å². The number of likely N-dealkylation sites (N-methyl/N-ethyl adjacent to an activating group) is 1. The molecule has 0 spiro atoms. The number of aromatic nitrogens is 3. The molecule has 0 saturated heterocycles. The average Bonchev–Trinajstić information content (AvgIpc) is 2.78. The smallest absolute Gasteiger partial charge is 0.343 e. The molecule has 1 atom stereocenters. The zero-order valence-corrected chi connectivity index (χ0v) is 13.2. The molecule has 0 radical (unpaired) electrons. The highest BCUT2D eigenvalue weighted by Crippen LogP contribution is 2.12. The summed E-state index contributed by atoms with van der Waals surface area (Å²) in [6, 6.07) is -0.588. The summed E-state index contributed by atoms with van der Waals surface area (Å²) in [6.45, 7) is 6.45. The van der Waals surface area contributed by atoms with Gasteiger partial charge in [-0.25, -0.2) is 9.89 Å². The Bertz CT molecular complexity index is 539. The lowest BCUT2D eigenvalue weighted by molar-refractivity contribution is -0.127. The van der Waals surface area contributed by atoms with E-state index in [1.165, 1.54) is 4.57 Å². The maximum Gasteiger partial charge on any atom is 0.343 e. The van der Waals surface area contributed by atoms with Crippen molar-refractivity contribution < 1.29 is 9.59 Å². The van der Waals surface area contributed by atoms with Gasteiger partial charge in [0.25, 0.3) is 0 Å². The van der Waals surface area contributed by atoms with Crippen molar-refractivity contribution in [1.82, 2.24) is 25.4 Å². The second-order valence-corrected chi connectivity index (χ2v) is 5.38. The van der Waals surface area contributed by atoms with E-state index in [-0.39, 0.29) is 23.3 Å². The summed E-state index contributed by atoms with van der Waals surface area (Å²) in [5.74, 6) is -0.409. The highest BCUT2D eigenvalue weighted by molar-refractivity contribution is 7.99. The lowest BCUT2D eigenvalue weighted by Crippen LogP contribution is -2.45. The molecule has 0 fully saturated rings. The summed E-state index contributed by atoms with van der Waals surface area (Å²) >= 11 is 1.16. The zero-order valence-electron chi connectivity index (χ0n) is 12.4. The number of carbonyl (C=O) groups excluding carboxylic acids is 2. The van der Waals surface area contributed by atoms with Gasteiger partial charge in [-0.05, 0) is 20.3 Å². The van der Waals surface area contributed by atoms with Crippen LogP contribution < -0.4 is 16.3 Å². The van der Waals surface area contributed by atoms with E-state index in [0.29, 0.717) is 18.2 Å². The maximum absolute atomic E-state index is 11.8. The molecule has 0 aliphatic heterocycles. The molecule has 3 N–H and O–H groups in total. The first-order valence-corrected chi connectivity index (χ1v) is 7.83. The number of aromatic amines is 1. The van der Waals surface area contributed by atoms with Crippen LogP contribution in [0.5, 0.6) is 0 Å². The summed E-state index contributed by atoms with van der Waals surface area (Å²) in [7, 11) is 0. The summed E-state index contributed by atoms with van der Waals surface area (Å²) in [5.41, 5.74) is -0.282. The number of hydrogen-bond acceptors (Lipinski definition) is 5. The van der Waals surface area contributed by atoms with Gasteiger partial charge in [0.2, 0.25) is 11.8 Å². The van der Waals surface area contributed by atoms with Gasteiger partial charge in [-0.1, -0.05) is 18.7 Å². The minimum Gasteiger partial charge on any atom is -0.355 e. The van der Waals surface area contributed by atoms with E-state index in [4.69, 9.17) is 0 Å². The van der Waals surface area contributed by atoms with E-state index in [1.54, 1.807) is 6.92 Å². The molecule has 0 aliphatic rings. The summed E-state index contributed by atoms with van der Waals surface area (Å²) in [6.07, 6.45) is 0.799. The first kappa shape index (κ1) is 17.3. The number of hydrogen-bond donors (Lipinski definition) is 3. The second kappa shape index (κ2) is 8.50. The van der Waals surface area contributed by atoms with E-state index < -0.39 is 6.04 Å². The van der Waals surface area contributed by atoms with Crippen LogP contribution in [0.3, 0.4) is 0 Å². The Balaban J connectivity index is 2.50. The minimum absolute atomic E-state index is 0.0950. The molecule has 8 nitrogen and oxygen atoms in total. The fourth-order valence-corrected chi connectivity index (χ4v) is 2.42. The predicted molar refractivity (Wildman–Crippen MR) is 80.2 cm³/mol. The number of carbonyl (C=O) groups is 2. The van der Waals surface area contributed by atoms with Crippen molar-refractivity contribution in [3.63, 3.8) is 0 Å². The number of nitrogens with one attached hydrogen (secondary N) is 3. The Morgan fingerprint density at radius 3 is 2.76 bits per heavy atom. The van der Waals surface area contributed by atoms with Crippen LogP contribution in [0.25, 0.3) is 0 Å². The quantitative estimate of drug-likeness (QED) is 0.571. The molecular formula is C12H21N5O3S. The second-order valence-electron chi connectivity index (χ2n) is 4.44. The van der Waals surface area contributed by atoms with E-state index in [1.807, 2.05) is 13.8 Å². The summed E-state index contributed by atoms with van der Waals surface area (Å²) < 4.78 is 1.49. The number of H-pyrrole nitrogens is 1. The summed E-state index contributed by atoms with van der Waals surface area (Å²) in [4.78, 5) is 34.8. The highest BCUT2D eigenvalue weighted by Gasteiger charge is 2.16. The van der Waals surface area contributed by atoms with Crippen molar-refractivity contribution in [2.75, 3.05) is 12.3 Å². The molecule has 21 heavy (non-hydrogen) atoms. The fraction of sp³-hybridized carbons (Fsp3) is 0.667. The minimum atomic E-state index is -0.588. The molecule has 0 aliphatic carbocycles. The first-order chi connectivity index (χ1) is 9.99. The van der Waals surface area contributed by atoms with Gasteiger partial charge in [0.05, 0.1) is 5.75 Å². The van der Waals surface area contributed by atoms with Crippen LogP contribution in [-0.4, -0.2) is 44.9 Å². The van der Waals surface area contributed by atoms with Gasteiger partial charge in [-0.15, -0.1) is 5.10 Å². The molecule has 0 bridgehead atoms. The van der Waals surface area contributed by atoms with Crippen molar-refractivity contribution >= 4 is 23.6 Å². The lowest BCUT2D eigenvalue weighted by Gasteiger charge is -2.13. The van der Waals surface area contributed by atoms with Gasteiger partial charge in [0.1, 0.15) is 6.04 Å². The van der Waals surface area contributed by atoms with Crippen LogP contribution in [0.4, 0.5) is 0 Å². The molecule has 1 rings (SSSR count). The number of thioether (sulfide) groups is 1. The molecule has 118 valence electrons. The van der Waals surface area contributed by atoms with Crippen molar-refractivity contribution in [3.8, 4) is 0 Å². The topological polar surface area (TPSA) is 109 Å². The SMILES string of the molecule is CCCn1c(SCC(=O)N[C@@H](C)C(=O)NCC)n[nH]c1=O. The summed E-state index contributed by atoms with van der Waals surface area (Å²) in [5, 5.41) is 11.9. The van der Waals surface area contributed by atoms with Gasteiger partial charge >= 0.3 is 5.69 Å². The Kier molecular flexibility index (Phi) is 7.00. The van der Waals surface area contributed by atoms with Crippen molar-refractivity contribution in [2.24, 2.45) is 0 Å². The van der Waals surface area contributed by atoms with Gasteiger partial charge in [0, 0.05) is 13.1 Å². The number of amides is 2. The van der Waals surface area contributed by atoms with Crippen LogP contribution in [-0.2, 0) is 16.1 Å². The Morgan fingerprint density at radius 2 is 2.14 bits per heavy atom. The molecule has 0 saturated carbocycles. The van der Waals surface area contributed by atoms with Crippen molar-refractivity contribution in [3.05, 3.63) is 10.5 Å². The van der Waals surface area contributed by atoms with E-state index in [9.17, 15) is 14.4 Å². The maximum atomic E-state index is 11.8. The molecule has 0 aromatic carbocycles. The Labute approximate surface area is 127 Å². The van der Waals surface area contributed by atoms with Crippen LogP contribution in [0.15, 0.2) is 9.95 Å². The standard InChI is InChI=1S/C12H21N5O3S/c1-4-6-17-11(20)15-16-12(17)21-7-9(18)14-8(3)10(19)13-5-2/h8H,4-7H2,1-3H3,(H,13,19)(H,14,18)(H,15,20)/t8-/m0/s1. The third-order valence-electron chi connectivity index (χ3n) is 2.62. The van der Waals surface area contributed by atoms with Gasteiger partial charge in [-0.2, -0.15) is 0 Å². The van der Waals surface area contributed by atoms with Crippen molar-refractivity contribution in [2.45, 2.75) is 44.9 Å². The van der Waals surface area contributed by atoms with E-state index in [0.717, 1.165) is 18.2 Å². The lowest BCUT2D eigenvalue weighted by atomic mass is 10.3. The normalized spacial score (nSPS) is 12.0. The van der Waals surface area contributed by atoms with Crippen LogP contribution in [0.1, 0.15) is 27.2 Å². The van der Waals surface area contributed by atoms with Crippen LogP contribution in [0, 0.1) is 0 Å². The molecule has 9 heteroatoms. The van der Waals surface area contributed by atoms with Gasteiger partial charge < -0.3 is 10.6 Å². The van der Waals surface area contributed by atoms with Gasteiger partial charge in [0.15, 0.2) is 5.16 Å². The monoisotopic (exact) mass is 315 g/mol. The van der Waals surface area contributed by atoms with E-state index in [2.05, 4.69) is 20.8 Å². The molecule has 1 heterocycles. The fourth-order valence-electron chi connectivity index (χ4n) is 1.64. The first-order valence-electron chi connectivity index (χ1n) is 6.84. The molecule has 2 amide bonds. The Hall–Kier alpha value is -1.77. The third-order valence-corrected chi connectivity index (χ3v) is 3.60. The number of rotatable bonds is 8.